The van der Waals surface area contributed by atoms with Gasteiger partial charge < -0.3 is 9.47 Å². The van der Waals surface area contributed by atoms with Gasteiger partial charge in [-0.3, -0.25) is 0 Å². The van der Waals surface area contributed by atoms with E-state index in [1.54, 1.807) is 13.0 Å². The molecule has 0 aromatic heterocycles. The third-order valence-electron chi connectivity index (χ3n) is 1.68. The second kappa shape index (κ2) is 3.53. The molecule has 1 heterocycles. The van der Waals surface area contributed by atoms with E-state index in [0.29, 0.717) is 5.57 Å². The highest BCUT2D eigenvalue weighted by molar-refractivity contribution is 5.87. The first-order chi connectivity index (χ1) is 5.24. The highest BCUT2D eigenvalue weighted by Crippen LogP contribution is 2.14. The smallest absolute Gasteiger partial charge is 0.333 e. The summed E-state index contributed by atoms with van der Waals surface area (Å²) in [6, 6.07) is 0. The molecule has 1 saturated heterocycles. The standard InChI is InChI=1S/C8H12O3/c1-6(8(9)10-2)5-7-3-4-11-7/h5,7H,3-4H2,1-2H3. The van der Waals surface area contributed by atoms with Crippen molar-refractivity contribution >= 4 is 5.97 Å². The van der Waals surface area contributed by atoms with Crippen molar-refractivity contribution in [2.24, 2.45) is 0 Å². The van der Waals surface area contributed by atoms with Crippen LogP contribution in [-0.2, 0) is 14.3 Å². The van der Waals surface area contributed by atoms with E-state index >= 15 is 0 Å². The second-order valence-corrected chi connectivity index (χ2v) is 2.54. The van der Waals surface area contributed by atoms with Crippen LogP contribution in [0.1, 0.15) is 13.3 Å². The van der Waals surface area contributed by atoms with Gasteiger partial charge in [0.25, 0.3) is 0 Å². The van der Waals surface area contributed by atoms with Crippen LogP contribution in [0.4, 0.5) is 0 Å². The number of hydrogen-bond donors (Lipinski definition) is 0. The van der Waals surface area contributed by atoms with E-state index < -0.39 is 0 Å². The van der Waals surface area contributed by atoms with E-state index in [9.17, 15) is 4.79 Å². The summed E-state index contributed by atoms with van der Waals surface area (Å²) in [4.78, 5) is 10.8. The molecule has 1 unspecified atom stereocenters. The van der Waals surface area contributed by atoms with Crippen LogP contribution in [0.3, 0.4) is 0 Å². The average molecular weight is 156 g/mol. The first kappa shape index (κ1) is 8.27. The van der Waals surface area contributed by atoms with Gasteiger partial charge in [-0.15, -0.1) is 0 Å². The molecule has 0 amide bonds. The van der Waals surface area contributed by atoms with Gasteiger partial charge in [-0.05, 0) is 13.0 Å². The van der Waals surface area contributed by atoms with Crippen LogP contribution < -0.4 is 0 Å². The molecular weight excluding hydrogens is 144 g/mol. The summed E-state index contributed by atoms with van der Waals surface area (Å²) in [5.41, 5.74) is 0.622. The highest BCUT2D eigenvalue weighted by Gasteiger charge is 2.16. The van der Waals surface area contributed by atoms with Crippen molar-refractivity contribution < 1.29 is 14.3 Å². The molecule has 62 valence electrons. The van der Waals surface area contributed by atoms with Crippen molar-refractivity contribution in [2.75, 3.05) is 13.7 Å². The molecule has 1 atom stereocenters. The van der Waals surface area contributed by atoms with Crippen molar-refractivity contribution in [3.05, 3.63) is 11.6 Å². The molecule has 0 saturated carbocycles. The van der Waals surface area contributed by atoms with Crippen LogP contribution >= 0.6 is 0 Å². The largest absolute Gasteiger partial charge is 0.466 e. The number of rotatable bonds is 2. The maximum atomic E-state index is 10.8. The number of methoxy groups -OCH3 is 1. The van der Waals surface area contributed by atoms with E-state index in [4.69, 9.17) is 4.74 Å². The molecule has 0 aromatic carbocycles. The lowest BCUT2D eigenvalue weighted by molar-refractivity contribution is -0.136. The fourth-order valence-electron chi connectivity index (χ4n) is 0.893. The van der Waals surface area contributed by atoms with Crippen LogP contribution in [0, 0.1) is 0 Å². The van der Waals surface area contributed by atoms with E-state index in [0.717, 1.165) is 13.0 Å². The fraction of sp³-hybridized carbons (Fsp3) is 0.625. The zero-order valence-electron chi connectivity index (χ0n) is 6.79. The van der Waals surface area contributed by atoms with Crippen LogP contribution in [0.15, 0.2) is 11.6 Å². The summed E-state index contributed by atoms with van der Waals surface area (Å²) in [5, 5.41) is 0. The molecule has 1 aliphatic heterocycles. The SMILES string of the molecule is COC(=O)C(C)=CC1CCO1. The molecule has 0 radical (unpaired) electrons. The molecule has 0 spiro atoms. The number of esters is 1. The first-order valence-electron chi connectivity index (χ1n) is 3.62. The van der Waals surface area contributed by atoms with Crippen molar-refractivity contribution in [3.8, 4) is 0 Å². The predicted octanol–water partition coefficient (Wildman–Crippen LogP) is 0.895. The Bertz CT molecular complexity index is 180. The summed E-state index contributed by atoms with van der Waals surface area (Å²) in [6.45, 7) is 2.53. The molecule has 1 aliphatic rings. The summed E-state index contributed by atoms with van der Waals surface area (Å²) in [5.74, 6) is -0.277. The Balaban J connectivity index is 2.43. The monoisotopic (exact) mass is 156 g/mol. The molecule has 0 N–H and O–H groups in total. The Hall–Kier alpha value is -0.830. The van der Waals surface area contributed by atoms with Gasteiger partial charge in [-0.2, -0.15) is 0 Å². The number of hydrogen-bond acceptors (Lipinski definition) is 3. The third-order valence-corrected chi connectivity index (χ3v) is 1.68. The van der Waals surface area contributed by atoms with Crippen LogP contribution in [0.2, 0.25) is 0 Å². The lowest BCUT2D eigenvalue weighted by Crippen LogP contribution is -2.25. The maximum absolute atomic E-state index is 10.8. The zero-order chi connectivity index (χ0) is 8.27. The highest BCUT2D eigenvalue weighted by atomic mass is 16.5. The summed E-state index contributed by atoms with van der Waals surface area (Å²) < 4.78 is 9.63. The van der Waals surface area contributed by atoms with Crippen molar-refractivity contribution in [3.63, 3.8) is 0 Å². The Morgan fingerprint density at radius 1 is 1.73 bits per heavy atom. The molecule has 0 bridgehead atoms. The zero-order valence-corrected chi connectivity index (χ0v) is 6.79. The molecule has 3 heteroatoms. The van der Waals surface area contributed by atoms with Crippen LogP contribution in [0.25, 0.3) is 0 Å². The van der Waals surface area contributed by atoms with Crippen molar-refractivity contribution in [2.45, 2.75) is 19.4 Å². The molecule has 0 aliphatic carbocycles. The molecular formula is C8H12O3. The minimum absolute atomic E-state index is 0.133. The Morgan fingerprint density at radius 3 is 2.73 bits per heavy atom. The van der Waals surface area contributed by atoms with Gasteiger partial charge in [-0.25, -0.2) is 4.79 Å². The maximum Gasteiger partial charge on any atom is 0.333 e. The lowest BCUT2D eigenvalue weighted by atomic mass is 10.1. The topological polar surface area (TPSA) is 35.5 Å². The molecule has 0 aromatic rings. The third kappa shape index (κ3) is 2.05. The second-order valence-electron chi connectivity index (χ2n) is 2.54. The Labute approximate surface area is 66.0 Å². The number of carbonyl (C=O) groups excluding carboxylic acids is 1. The van der Waals surface area contributed by atoms with E-state index in [1.165, 1.54) is 7.11 Å². The minimum Gasteiger partial charge on any atom is -0.466 e. The number of ether oxygens (including phenoxy) is 2. The van der Waals surface area contributed by atoms with E-state index in [-0.39, 0.29) is 12.1 Å². The first-order valence-corrected chi connectivity index (χ1v) is 3.62. The molecule has 3 nitrogen and oxygen atoms in total. The minimum atomic E-state index is -0.277. The fourth-order valence-corrected chi connectivity index (χ4v) is 0.893. The van der Waals surface area contributed by atoms with Crippen molar-refractivity contribution in [1.29, 1.82) is 0 Å². The predicted molar refractivity (Wildman–Crippen MR) is 40.1 cm³/mol. The molecule has 11 heavy (non-hydrogen) atoms. The van der Waals surface area contributed by atoms with Gasteiger partial charge in [-0.1, -0.05) is 0 Å². The summed E-state index contributed by atoms with van der Waals surface area (Å²) in [6.07, 6.45) is 2.94. The van der Waals surface area contributed by atoms with Gasteiger partial charge in [0.05, 0.1) is 19.8 Å². The van der Waals surface area contributed by atoms with Crippen LogP contribution in [0.5, 0.6) is 0 Å². The lowest BCUT2D eigenvalue weighted by Gasteiger charge is -2.23. The average Bonchev–Trinajstić information content (AvgIpc) is 1.94. The molecule has 1 fully saturated rings. The van der Waals surface area contributed by atoms with Crippen molar-refractivity contribution in [1.82, 2.24) is 0 Å². The normalized spacial score (nSPS) is 24.2. The summed E-state index contributed by atoms with van der Waals surface area (Å²) in [7, 11) is 1.38. The van der Waals surface area contributed by atoms with E-state index in [2.05, 4.69) is 4.74 Å². The quantitative estimate of drug-likeness (QED) is 0.440. The van der Waals surface area contributed by atoms with Gasteiger partial charge >= 0.3 is 5.97 Å². The van der Waals surface area contributed by atoms with Crippen LogP contribution in [-0.4, -0.2) is 25.8 Å². The Kier molecular flexibility index (Phi) is 2.65. The van der Waals surface area contributed by atoms with Gasteiger partial charge in [0.15, 0.2) is 0 Å². The van der Waals surface area contributed by atoms with E-state index in [1.807, 2.05) is 0 Å². The molecule has 1 rings (SSSR count). The summed E-state index contributed by atoms with van der Waals surface area (Å²) >= 11 is 0. The van der Waals surface area contributed by atoms with Gasteiger partial charge in [0.1, 0.15) is 0 Å². The van der Waals surface area contributed by atoms with Gasteiger partial charge in [0.2, 0.25) is 0 Å². The van der Waals surface area contributed by atoms with Gasteiger partial charge in [0, 0.05) is 12.0 Å². The Morgan fingerprint density at radius 2 is 2.36 bits per heavy atom. The number of carbonyl (C=O) groups is 1.